The molecule has 4 rings (SSSR count). The molecule has 5 nitrogen and oxygen atoms in total. The van der Waals surface area contributed by atoms with E-state index in [1.807, 2.05) is 23.2 Å². The zero-order chi connectivity index (χ0) is 20.1. The molecule has 1 aliphatic heterocycles. The molecule has 0 N–H and O–H groups in total. The van der Waals surface area contributed by atoms with Gasteiger partial charge in [-0.2, -0.15) is 0 Å². The first kappa shape index (κ1) is 19.4. The molecule has 0 atom stereocenters. The first-order valence-corrected chi connectivity index (χ1v) is 10.3. The average molecular weight is 389 g/mol. The van der Waals surface area contributed by atoms with Gasteiger partial charge in [-0.1, -0.05) is 25.1 Å². The fourth-order valence-corrected chi connectivity index (χ4v) is 3.96. The summed E-state index contributed by atoms with van der Waals surface area (Å²) in [5, 5.41) is 0. The Labute approximate surface area is 172 Å². The normalized spacial score (nSPS) is 15.3. The Morgan fingerprint density at radius 1 is 1.10 bits per heavy atom. The van der Waals surface area contributed by atoms with Gasteiger partial charge in [0.05, 0.1) is 12.0 Å². The molecule has 3 aromatic rings. The number of hydrogen-bond donors (Lipinski definition) is 0. The Morgan fingerprint density at radius 2 is 1.90 bits per heavy atom. The highest BCUT2D eigenvalue weighted by Crippen LogP contribution is 2.27. The van der Waals surface area contributed by atoms with Crippen LogP contribution in [0.2, 0.25) is 0 Å². The summed E-state index contributed by atoms with van der Waals surface area (Å²) in [7, 11) is 0. The minimum absolute atomic E-state index is 0.0672. The van der Waals surface area contributed by atoms with Crippen LogP contribution in [-0.4, -0.2) is 34.9 Å². The highest BCUT2D eigenvalue weighted by Gasteiger charge is 2.31. The number of furan rings is 1. The van der Waals surface area contributed by atoms with Crippen molar-refractivity contribution in [2.75, 3.05) is 18.0 Å². The fraction of sp³-hybridized carbons (Fsp3) is 0.333. The van der Waals surface area contributed by atoms with Crippen molar-refractivity contribution in [1.82, 2.24) is 9.88 Å². The quantitative estimate of drug-likeness (QED) is 0.621. The lowest BCUT2D eigenvalue weighted by molar-refractivity contribution is 0.0931. The van der Waals surface area contributed by atoms with E-state index in [-0.39, 0.29) is 11.9 Å². The number of anilines is 1. The first-order valence-electron chi connectivity index (χ1n) is 10.3. The Balaban J connectivity index is 1.50. The van der Waals surface area contributed by atoms with Gasteiger partial charge in [0, 0.05) is 37.6 Å². The zero-order valence-corrected chi connectivity index (χ0v) is 16.8. The van der Waals surface area contributed by atoms with E-state index in [1.165, 1.54) is 5.56 Å². The lowest BCUT2D eigenvalue weighted by Crippen LogP contribution is -2.47. The highest BCUT2D eigenvalue weighted by molar-refractivity contribution is 6.04. The standard InChI is InChI=1S/C24H27N3O2/c1-2-19-8-10-21(11-9-19)27(24(28)23-7-5-17-29-23)22-12-15-26(16-13-22)18-20-6-3-4-14-25-20/h3-11,14,17,22H,2,12-13,15-16,18H2,1H3. The predicted molar refractivity (Wildman–Crippen MR) is 114 cm³/mol. The molecule has 2 aromatic heterocycles. The Kier molecular flexibility index (Phi) is 6.06. The van der Waals surface area contributed by atoms with Gasteiger partial charge in [-0.15, -0.1) is 0 Å². The summed E-state index contributed by atoms with van der Waals surface area (Å²) in [6.07, 6.45) is 6.23. The van der Waals surface area contributed by atoms with Crippen LogP contribution in [-0.2, 0) is 13.0 Å². The maximum absolute atomic E-state index is 13.2. The molecule has 5 heteroatoms. The zero-order valence-electron chi connectivity index (χ0n) is 16.8. The third-order valence-electron chi connectivity index (χ3n) is 5.61. The van der Waals surface area contributed by atoms with E-state index >= 15 is 0 Å². The van der Waals surface area contributed by atoms with Crippen LogP contribution in [0, 0.1) is 0 Å². The van der Waals surface area contributed by atoms with Crippen molar-refractivity contribution in [2.24, 2.45) is 0 Å². The molecule has 0 bridgehead atoms. The Bertz CT molecular complexity index is 899. The van der Waals surface area contributed by atoms with Crippen molar-refractivity contribution in [1.29, 1.82) is 0 Å². The number of pyridine rings is 1. The average Bonchev–Trinajstić information content (AvgIpc) is 3.31. The number of aryl methyl sites for hydroxylation is 1. The number of amides is 1. The van der Waals surface area contributed by atoms with Crippen LogP contribution in [0.25, 0.3) is 0 Å². The number of piperidine rings is 1. The molecule has 1 fully saturated rings. The van der Waals surface area contributed by atoms with Crippen molar-refractivity contribution < 1.29 is 9.21 Å². The van der Waals surface area contributed by atoms with E-state index in [2.05, 4.69) is 47.1 Å². The van der Waals surface area contributed by atoms with Gasteiger partial charge in [0.2, 0.25) is 0 Å². The fourth-order valence-electron chi connectivity index (χ4n) is 3.96. The summed E-state index contributed by atoms with van der Waals surface area (Å²) in [5.41, 5.74) is 3.29. The molecule has 1 aliphatic rings. The van der Waals surface area contributed by atoms with Gasteiger partial charge in [0.15, 0.2) is 5.76 Å². The lowest BCUT2D eigenvalue weighted by Gasteiger charge is -2.38. The van der Waals surface area contributed by atoms with Crippen LogP contribution in [0.4, 0.5) is 5.69 Å². The number of rotatable bonds is 6. The minimum atomic E-state index is -0.0672. The smallest absolute Gasteiger partial charge is 0.294 e. The maximum atomic E-state index is 13.2. The molecule has 0 radical (unpaired) electrons. The number of hydrogen-bond acceptors (Lipinski definition) is 4. The van der Waals surface area contributed by atoms with Gasteiger partial charge in [-0.25, -0.2) is 0 Å². The number of nitrogens with zero attached hydrogens (tertiary/aromatic N) is 3. The topological polar surface area (TPSA) is 49.6 Å². The number of aromatic nitrogens is 1. The van der Waals surface area contributed by atoms with E-state index < -0.39 is 0 Å². The summed E-state index contributed by atoms with van der Waals surface area (Å²) in [4.78, 5) is 22.0. The summed E-state index contributed by atoms with van der Waals surface area (Å²) < 4.78 is 5.42. The molecule has 0 spiro atoms. The Morgan fingerprint density at radius 3 is 2.52 bits per heavy atom. The second kappa shape index (κ2) is 9.05. The van der Waals surface area contributed by atoms with Crippen molar-refractivity contribution in [3.63, 3.8) is 0 Å². The molecule has 0 aliphatic carbocycles. The summed E-state index contributed by atoms with van der Waals surface area (Å²) in [6.45, 7) is 4.87. The van der Waals surface area contributed by atoms with Crippen LogP contribution in [0.1, 0.15) is 41.6 Å². The molecular weight excluding hydrogens is 362 g/mol. The summed E-state index contributed by atoms with van der Waals surface area (Å²) in [6, 6.07) is 18.0. The molecule has 29 heavy (non-hydrogen) atoms. The lowest BCUT2D eigenvalue weighted by atomic mass is 10.0. The van der Waals surface area contributed by atoms with E-state index in [0.29, 0.717) is 5.76 Å². The van der Waals surface area contributed by atoms with Gasteiger partial charge in [0.1, 0.15) is 0 Å². The molecule has 1 amide bonds. The third-order valence-corrected chi connectivity index (χ3v) is 5.61. The molecule has 0 unspecified atom stereocenters. The van der Waals surface area contributed by atoms with E-state index in [4.69, 9.17) is 4.42 Å². The van der Waals surface area contributed by atoms with Crippen LogP contribution in [0.5, 0.6) is 0 Å². The van der Waals surface area contributed by atoms with Crippen molar-refractivity contribution in [3.05, 3.63) is 84.1 Å². The van der Waals surface area contributed by atoms with Gasteiger partial charge >= 0.3 is 0 Å². The number of benzene rings is 1. The third kappa shape index (κ3) is 4.57. The van der Waals surface area contributed by atoms with Gasteiger partial charge in [-0.3, -0.25) is 14.7 Å². The Hall–Kier alpha value is -2.92. The molecule has 3 heterocycles. The highest BCUT2D eigenvalue weighted by atomic mass is 16.3. The maximum Gasteiger partial charge on any atom is 0.294 e. The second-order valence-corrected chi connectivity index (χ2v) is 7.50. The molecule has 1 aromatic carbocycles. The van der Waals surface area contributed by atoms with Gasteiger partial charge < -0.3 is 9.32 Å². The monoisotopic (exact) mass is 389 g/mol. The van der Waals surface area contributed by atoms with Crippen LogP contribution >= 0.6 is 0 Å². The second-order valence-electron chi connectivity index (χ2n) is 7.50. The molecule has 150 valence electrons. The molecule has 1 saturated heterocycles. The number of likely N-dealkylation sites (tertiary alicyclic amines) is 1. The van der Waals surface area contributed by atoms with Crippen molar-refractivity contribution in [3.8, 4) is 0 Å². The predicted octanol–water partition coefficient (Wildman–Crippen LogP) is 4.55. The summed E-state index contributed by atoms with van der Waals surface area (Å²) >= 11 is 0. The van der Waals surface area contributed by atoms with E-state index in [0.717, 1.165) is 50.3 Å². The van der Waals surface area contributed by atoms with Gasteiger partial charge in [0.25, 0.3) is 5.91 Å². The van der Waals surface area contributed by atoms with Crippen LogP contribution in [0.3, 0.4) is 0 Å². The number of carbonyl (C=O) groups excluding carboxylic acids is 1. The van der Waals surface area contributed by atoms with Crippen molar-refractivity contribution >= 4 is 11.6 Å². The SMILES string of the molecule is CCc1ccc(N(C(=O)c2ccco2)C2CCN(Cc3ccccn3)CC2)cc1. The largest absolute Gasteiger partial charge is 0.459 e. The van der Waals surface area contributed by atoms with Crippen LogP contribution in [0.15, 0.2) is 71.5 Å². The molecule has 0 saturated carbocycles. The van der Waals surface area contributed by atoms with Crippen molar-refractivity contribution in [2.45, 2.75) is 38.8 Å². The minimum Gasteiger partial charge on any atom is -0.459 e. The molecular formula is C24H27N3O2. The van der Waals surface area contributed by atoms with E-state index in [9.17, 15) is 4.79 Å². The van der Waals surface area contributed by atoms with Crippen LogP contribution < -0.4 is 4.90 Å². The first-order chi connectivity index (χ1) is 14.2. The summed E-state index contributed by atoms with van der Waals surface area (Å²) in [5.74, 6) is 0.322. The van der Waals surface area contributed by atoms with E-state index in [1.54, 1.807) is 18.4 Å². The number of carbonyl (C=O) groups is 1. The van der Waals surface area contributed by atoms with Gasteiger partial charge in [-0.05, 0) is 61.2 Å².